The molecule has 0 unspecified atom stereocenters. The number of hydrogen-bond donors (Lipinski definition) is 2. The molecule has 0 saturated heterocycles. The highest BCUT2D eigenvalue weighted by atomic mass is 16.4. The number of hydrogen-bond acceptors (Lipinski definition) is 2. The van der Waals surface area contributed by atoms with Crippen molar-refractivity contribution in [2.45, 2.75) is 19.0 Å². The summed E-state index contributed by atoms with van der Waals surface area (Å²) in [7, 11) is 0. The molecule has 1 atom stereocenters. The highest BCUT2D eigenvalue weighted by Crippen LogP contribution is 2.30. The summed E-state index contributed by atoms with van der Waals surface area (Å²) in [6.07, 6.45) is 0. The van der Waals surface area contributed by atoms with Crippen LogP contribution < -0.4 is 5.32 Å². The number of carboxylic acid groups (broad SMARTS) is 1. The summed E-state index contributed by atoms with van der Waals surface area (Å²) < 4.78 is 0. The molecule has 68 valence electrons. The van der Waals surface area contributed by atoms with Crippen LogP contribution in [0.15, 0.2) is 24.3 Å². The third-order valence-corrected chi connectivity index (χ3v) is 2.62. The predicted molar refractivity (Wildman–Crippen MR) is 48.3 cm³/mol. The van der Waals surface area contributed by atoms with Gasteiger partial charge in [-0.1, -0.05) is 24.3 Å². The number of benzene rings is 1. The van der Waals surface area contributed by atoms with Gasteiger partial charge < -0.3 is 5.11 Å². The molecule has 0 amide bonds. The van der Waals surface area contributed by atoms with Crippen molar-refractivity contribution in [2.24, 2.45) is 0 Å². The van der Waals surface area contributed by atoms with Gasteiger partial charge in [-0.05, 0) is 18.1 Å². The van der Waals surface area contributed by atoms with Crippen LogP contribution in [0.25, 0.3) is 0 Å². The molecule has 0 aromatic heterocycles. The van der Waals surface area contributed by atoms with E-state index in [9.17, 15) is 4.79 Å². The van der Waals surface area contributed by atoms with E-state index >= 15 is 0 Å². The first-order valence-corrected chi connectivity index (χ1v) is 4.21. The fraction of sp³-hybridized carbons (Fsp3) is 0.300. The lowest BCUT2D eigenvalue weighted by molar-refractivity contribution is -0.144. The smallest absolute Gasteiger partial charge is 0.328 e. The van der Waals surface area contributed by atoms with E-state index in [0.717, 1.165) is 11.1 Å². The van der Waals surface area contributed by atoms with E-state index < -0.39 is 11.5 Å². The molecule has 1 aliphatic heterocycles. The number of carbonyl (C=O) groups is 1. The predicted octanol–water partition coefficient (Wildman–Crippen LogP) is 1.09. The Morgan fingerprint density at radius 2 is 2.23 bits per heavy atom. The fourth-order valence-electron chi connectivity index (χ4n) is 1.72. The minimum atomic E-state index is -0.906. The largest absolute Gasteiger partial charge is 0.480 e. The minimum absolute atomic E-state index is 0.638. The van der Waals surface area contributed by atoms with Gasteiger partial charge in [0.05, 0.1) is 0 Å². The van der Waals surface area contributed by atoms with E-state index in [1.165, 1.54) is 0 Å². The quantitative estimate of drug-likeness (QED) is 0.675. The van der Waals surface area contributed by atoms with Crippen LogP contribution in [0, 0.1) is 0 Å². The lowest BCUT2D eigenvalue weighted by Crippen LogP contribution is -2.41. The molecule has 3 nitrogen and oxygen atoms in total. The Kier molecular flexibility index (Phi) is 1.63. The van der Waals surface area contributed by atoms with E-state index in [-0.39, 0.29) is 0 Å². The lowest BCUT2D eigenvalue weighted by atomic mass is 9.93. The molecule has 2 N–H and O–H groups in total. The van der Waals surface area contributed by atoms with Crippen LogP contribution in [0.2, 0.25) is 0 Å². The van der Waals surface area contributed by atoms with E-state index in [2.05, 4.69) is 5.32 Å². The Labute approximate surface area is 76.4 Å². The summed E-state index contributed by atoms with van der Waals surface area (Å²) in [6, 6.07) is 7.61. The minimum Gasteiger partial charge on any atom is -0.480 e. The molecule has 1 aromatic carbocycles. The number of rotatable bonds is 1. The van der Waals surface area contributed by atoms with Crippen LogP contribution in [0.3, 0.4) is 0 Å². The average molecular weight is 177 g/mol. The number of fused-ring (bicyclic) bond motifs is 1. The Hall–Kier alpha value is -1.35. The second-order valence-electron chi connectivity index (χ2n) is 3.44. The van der Waals surface area contributed by atoms with Crippen molar-refractivity contribution < 1.29 is 9.90 Å². The highest BCUT2D eigenvalue weighted by molar-refractivity contribution is 5.81. The summed E-state index contributed by atoms with van der Waals surface area (Å²) in [5.74, 6) is -0.822. The molecule has 2 rings (SSSR count). The second kappa shape index (κ2) is 2.57. The molecular formula is C10H11NO2. The Bertz CT molecular complexity index is 362. The van der Waals surface area contributed by atoms with Crippen LogP contribution >= 0.6 is 0 Å². The van der Waals surface area contributed by atoms with Gasteiger partial charge >= 0.3 is 5.97 Å². The van der Waals surface area contributed by atoms with E-state index in [1.807, 2.05) is 24.3 Å². The molecule has 3 heteroatoms. The van der Waals surface area contributed by atoms with E-state index in [1.54, 1.807) is 6.92 Å². The van der Waals surface area contributed by atoms with Crippen LogP contribution in [-0.4, -0.2) is 11.1 Å². The molecule has 13 heavy (non-hydrogen) atoms. The Balaban J connectivity index is 2.55. The number of carboxylic acids is 1. The molecule has 1 aromatic rings. The van der Waals surface area contributed by atoms with Crippen molar-refractivity contribution in [3.05, 3.63) is 35.4 Å². The van der Waals surface area contributed by atoms with Gasteiger partial charge in [0.15, 0.2) is 0 Å². The normalized spacial score (nSPS) is 25.6. The van der Waals surface area contributed by atoms with E-state index in [4.69, 9.17) is 5.11 Å². The maximum atomic E-state index is 11.0. The van der Waals surface area contributed by atoms with Crippen molar-refractivity contribution >= 4 is 5.97 Å². The van der Waals surface area contributed by atoms with Crippen molar-refractivity contribution in [3.8, 4) is 0 Å². The van der Waals surface area contributed by atoms with Crippen molar-refractivity contribution in [1.82, 2.24) is 5.32 Å². The van der Waals surface area contributed by atoms with Crippen molar-refractivity contribution in [2.75, 3.05) is 0 Å². The molecular weight excluding hydrogens is 166 g/mol. The number of nitrogens with one attached hydrogen (secondary N) is 1. The lowest BCUT2D eigenvalue weighted by Gasteiger charge is -2.19. The van der Waals surface area contributed by atoms with Crippen LogP contribution in [0.5, 0.6) is 0 Å². The number of aliphatic carboxylic acids is 1. The third kappa shape index (κ3) is 1.04. The topological polar surface area (TPSA) is 49.3 Å². The zero-order valence-corrected chi connectivity index (χ0v) is 7.37. The zero-order valence-electron chi connectivity index (χ0n) is 7.37. The summed E-state index contributed by atoms with van der Waals surface area (Å²) in [4.78, 5) is 11.0. The molecule has 0 saturated carbocycles. The van der Waals surface area contributed by atoms with Gasteiger partial charge in [-0.25, -0.2) is 4.79 Å². The molecule has 0 radical (unpaired) electrons. The maximum absolute atomic E-state index is 11.0. The molecule has 1 aliphatic rings. The standard InChI is InChI=1S/C10H11NO2/c1-10(9(12)13)8-5-3-2-4-7(8)6-11-10/h2-5,11H,6H2,1H3,(H,12,13)/t10-/m1/s1. The highest BCUT2D eigenvalue weighted by Gasteiger charge is 2.40. The van der Waals surface area contributed by atoms with Gasteiger partial charge in [-0.15, -0.1) is 0 Å². The summed E-state index contributed by atoms with van der Waals surface area (Å²) >= 11 is 0. The van der Waals surface area contributed by atoms with Gasteiger partial charge in [0, 0.05) is 6.54 Å². The molecule has 1 heterocycles. The SMILES string of the molecule is C[C@@]1(C(=O)O)NCc2ccccc21. The summed E-state index contributed by atoms with van der Waals surface area (Å²) in [5.41, 5.74) is 1.05. The monoisotopic (exact) mass is 177 g/mol. The van der Waals surface area contributed by atoms with Gasteiger partial charge in [0.1, 0.15) is 5.54 Å². The van der Waals surface area contributed by atoms with Crippen LogP contribution in [0.4, 0.5) is 0 Å². The fourth-order valence-corrected chi connectivity index (χ4v) is 1.72. The van der Waals surface area contributed by atoms with Gasteiger partial charge in [0.2, 0.25) is 0 Å². The summed E-state index contributed by atoms with van der Waals surface area (Å²) in [5, 5.41) is 12.1. The third-order valence-electron chi connectivity index (χ3n) is 2.62. The van der Waals surface area contributed by atoms with Crippen molar-refractivity contribution in [1.29, 1.82) is 0 Å². The average Bonchev–Trinajstić information content (AvgIpc) is 2.47. The van der Waals surface area contributed by atoms with Gasteiger partial charge in [-0.2, -0.15) is 0 Å². The Morgan fingerprint density at radius 1 is 1.54 bits per heavy atom. The first-order chi connectivity index (χ1) is 6.14. The van der Waals surface area contributed by atoms with Gasteiger partial charge in [-0.3, -0.25) is 5.32 Å². The van der Waals surface area contributed by atoms with E-state index in [0.29, 0.717) is 6.54 Å². The second-order valence-corrected chi connectivity index (χ2v) is 3.44. The Morgan fingerprint density at radius 3 is 2.92 bits per heavy atom. The molecule has 0 spiro atoms. The maximum Gasteiger partial charge on any atom is 0.328 e. The summed E-state index contributed by atoms with van der Waals surface area (Å²) in [6.45, 7) is 2.33. The first-order valence-electron chi connectivity index (χ1n) is 4.21. The molecule has 0 fully saturated rings. The van der Waals surface area contributed by atoms with Gasteiger partial charge in [0.25, 0.3) is 0 Å². The van der Waals surface area contributed by atoms with Crippen molar-refractivity contribution in [3.63, 3.8) is 0 Å². The van der Waals surface area contributed by atoms with Crippen LogP contribution in [0.1, 0.15) is 18.1 Å². The molecule has 0 aliphatic carbocycles. The molecule has 0 bridgehead atoms. The van der Waals surface area contributed by atoms with Crippen LogP contribution in [-0.2, 0) is 16.9 Å². The first kappa shape index (κ1) is 8.26. The zero-order chi connectivity index (χ0) is 9.47.